The van der Waals surface area contributed by atoms with Crippen LogP contribution in [0.3, 0.4) is 0 Å². The van der Waals surface area contributed by atoms with Gasteiger partial charge >= 0.3 is 12.1 Å². The third-order valence-electron chi connectivity index (χ3n) is 6.50. The van der Waals surface area contributed by atoms with Crippen LogP contribution in [0.15, 0.2) is 0 Å². The molecule has 0 bridgehead atoms. The first-order chi connectivity index (χ1) is 13.0. The van der Waals surface area contributed by atoms with E-state index in [9.17, 15) is 18.0 Å². The zero-order chi connectivity index (χ0) is 20.9. The fourth-order valence-electron chi connectivity index (χ4n) is 4.30. The maximum absolute atomic E-state index is 11.8. The Kier molecular flexibility index (Phi) is 7.76. The number of hydrogen-bond donors (Lipinski definition) is 1. The van der Waals surface area contributed by atoms with E-state index < -0.39 is 12.1 Å². The predicted molar refractivity (Wildman–Crippen MR) is 99.8 cm³/mol. The van der Waals surface area contributed by atoms with Crippen LogP contribution in [-0.4, -0.2) is 66.7 Å². The van der Waals surface area contributed by atoms with E-state index in [1.807, 2.05) is 14.1 Å². The van der Waals surface area contributed by atoms with Gasteiger partial charge in [-0.3, -0.25) is 4.79 Å². The molecule has 1 heterocycles. The molecular formula is C20H33F3N2O3. The lowest BCUT2D eigenvalue weighted by Gasteiger charge is -2.46. The Hall–Kier alpha value is -1.31. The standard InChI is InChI=1S/C18H32N2O.C2HF3O2/c1-19(2)17(21)13-15-5-7-18(8-6-15)9-11-20(12-10-18)14-16-3-4-16;3-2(4,5)1(6)7/h15-16H,3-14H2,1-2H3;(H,6,7). The predicted octanol–water partition coefficient (Wildman–Crippen LogP) is 3.78. The van der Waals surface area contributed by atoms with Gasteiger partial charge in [-0.25, -0.2) is 4.79 Å². The van der Waals surface area contributed by atoms with E-state index in [2.05, 4.69) is 4.90 Å². The van der Waals surface area contributed by atoms with Gasteiger partial charge in [-0.1, -0.05) is 0 Å². The quantitative estimate of drug-likeness (QED) is 0.772. The smallest absolute Gasteiger partial charge is 0.475 e. The van der Waals surface area contributed by atoms with Crippen LogP contribution in [0.4, 0.5) is 13.2 Å². The highest BCUT2D eigenvalue weighted by atomic mass is 19.4. The number of hydrogen-bond acceptors (Lipinski definition) is 3. The van der Waals surface area contributed by atoms with Crippen molar-refractivity contribution < 1.29 is 27.9 Å². The zero-order valence-electron chi connectivity index (χ0n) is 16.9. The monoisotopic (exact) mass is 406 g/mol. The van der Waals surface area contributed by atoms with Crippen molar-refractivity contribution in [3.05, 3.63) is 0 Å². The Morgan fingerprint density at radius 3 is 1.89 bits per heavy atom. The second-order valence-corrected chi connectivity index (χ2v) is 8.98. The van der Waals surface area contributed by atoms with Crippen LogP contribution in [0, 0.1) is 17.3 Å². The van der Waals surface area contributed by atoms with Crippen molar-refractivity contribution in [2.75, 3.05) is 33.7 Å². The summed E-state index contributed by atoms with van der Waals surface area (Å²) in [5, 5.41) is 7.12. The number of piperidine rings is 1. The first-order valence-electron chi connectivity index (χ1n) is 10.2. The lowest BCUT2D eigenvalue weighted by atomic mass is 9.65. The number of carboxylic acids is 1. The second-order valence-electron chi connectivity index (χ2n) is 8.98. The summed E-state index contributed by atoms with van der Waals surface area (Å²) in [5.41, 5.74) is 0.637. The molecule has 3 fully saturated rings. The molecule has 1 amide bonds. The van der Waals surface area contributed by atoms with Crippen molar-refractivity contribution in [2.45, 2.75) is 64.0 Å². The van der Waals surface area contributed by atoms with Gasteiger partial charge < -0.3 is 14.9 Å². The van der Waals surface area contributed by atoms with Gasteiger partial charge in [0, 0.05) is 27.1 Å². The van der Waals surface area contributed by atoms with Crippen molar-refractivity contribution in [1.29, 1.82) is 0 Å². The first kappa shape index (κ1) is 23.0. The highest BCUT2D eigenvalue weighted by Gasteiger charge is 2.39. The third-order valence-corrected chi connectivity index (χ3v) is 6.50. The van der Waals surface area contributed by atoms with Gasteiger partial charge in [-0.15, -0.1) is 0 Å². The number of halogens is 3. The van der Waals surface area contributed by atoms with E-state index >= 15 is 0 Å². The van der Waals surface area contributed by atoms with Crippen LogP contribution in [0.2, 0.25) is 0 Å². The largest absolute Gasteiger partial charge is 0.490 e. The molecule has 0 unspecified atom stereocenters. The molecule has 2 saturated carbocycles. The van der Waals surface area contributed by atoms with Crippen molar-refractivity contribution >= 4 is 11.9 Å². The van der Waals surface area contributed by atoms with E-state index in [1.54, 1.807) is 4.90 Å². The molecule has 1 N–H and O–H groups in total. The van der Waals surface area contributed by atoms with Gasteiger partial charge in [0.05, 0.1) is 0 Å². The number of likely N-dealkylation sites (tertiary alicyclic amines) is 1. The van der Waals surface area contributed by atoms with Crippen LogP contribution in [0.5, 0.6) is 0 Å². The van der Waals surface area contributed by atoms with Crippen LogP contribution in [0.25, 0.3) is 0 Å². The molecule has 0 radical (unpaired) electrons. The molecule has 3 aliphatic rings. The van der Waals surface area contributed by atoms with Crippen molar-refractivity contribution in [3.63, 3.8) is 0 Å². The first-order valence-corrected chi connectivity index (χ1v) is 10.2. The summed E-state index contributed by atoms with van der Waals surface area (Å²) in [6, 6.07) is 0. The van der Waals surface area contributed by atoms with Gasteiger partial charge in [0.2, 0.25) is 5.91 Å². The molecule has 2 aliphatic carbocycles. The van der Waals surface area contributed by atoms with Gasteiger partial charge in [0.25, 0.3) is 0 Å². The minimum atomic E-state index is -5.08. The molecule has 28 heavy (non-hydrogen) atoms. The summed E-state index contributed by atoms with van der Waals surface area (Å²) < 4.78 is 31.7. The number of alkyl halides is 3. The summed E-state index contributed by atoms with van der Waals surface area (Å²) in [7, 11) is 3.75. The van der Waals surface area contributed by atoms with Gasteiger partial charge in [0.1, 0.15) is 0 Å². The van der Waals surface area contributed by atoms with E-state index in [0.29, 0.717) is 17.2 Å². The van der Waals surface area contributed by atoms with E-state index in [-0.39, 0.29) is 0 Å². The SMILES string of the molecule is CN(C)C(=O)CC1CCC2(CC1)CCN(CC1CC1)CC2.O=C(O)C(F)(F)F. The number of amides is 1. The maximum atomic E-state index is 11.8. The molecule has 1 saturated heterocycles. The molecular weight excluding hydrogens is 373 g/mol. The zero-order valence-corrected chi connectivity index (χ0v) is 16.9. The van der Waals surface area contributed by atoms with Crippen molar-refractivity contribution in [3.8, 4) is 0 Å². The highest BCUT2D eigenvalue weighted by Crippen LogP contribution is 2.47. The van der Waals surface area contributed by atoms with Gasteiger partial charge in [-0.2, -0.15) is 13.2 Å². The van der Waals surface area contributed by atoms with Crippen LogP contribution < -0.4 is 0 Å². The number of carbonyl (C=O) groups excluding carboxylic acids is 1. The Balaban J connectivity index is 0.000000345. The number of carboxylic acid groups (broad SMARTS) is 1. The van der Waals surface area contributed by atoms with E-state index in [0.717, 1.165) is 12.3 Å². The van der Waals surface area contributed by atoms with E-state index in [4.69, 9.17) is 9.90 Å². The topological polar surface area (TPSA) is 60.9 Å². The summed E-state index contributed by atoms with van der Waals surface area (Å²) >= 11 is 0. The number of rotatable bonds is 4. The molecule has 0 aromatic carbocycles. The lowest BCUT2D eigenvalue weighted by Crippen LogP contribution is -2.42. The fourth-order valence-corrected chi connectivity index (χ4v) is 4.30. The van der Waals surface area contributed by atoms with Crippen LogP contribution in [-0.2, 0) is 9.59 Å². The number of nitrogens with zero attached hydrogens (tertiary/aromatic N) is 2. The molecule has 8 heteroatoms. The summed E-state index contributed by atoms with van der Waals surface area (Å²) in [6.07, 6.45) is 6.77. The van der Waals surface area contributed by atoms with Gasteiger partial charge in [-0.05, 0) is 81.7 Å². The number of carbonyl (C=O) groups is 2. The molecule has 0 aromatic heterocycles. The molecule has 1 aliphatic heterocycles. The van der Waals surface area contributed by atoms with Crippen molar-refractivity contribution in [1.82, 2.24) is 9.80 Å². The summed E-state index contributed by atoms with van der Waals surface area (Å²) in [5.74, 6) is -0.760. The van der Waals surface area contributed by atoms with Crippen LogP contribution >= 0.6 is 0 Å². The lowest BCUT2D eigenvalue weighted by molar-refractivity contribution is -0.192. The summed E-state index contributed by atoms with van der Waals surface area (Å²) in [4.78, 5) is 25.2. The summed E-state index contributed by atoms with van der Waals surface area (Å²) in [6.45, 7) is 4.03. The molecule has 1 spiro atoms. The fraction of sp³-hybridized carbons (Fsp3) is 0.900. The molecule has 162 valence electrons. The number of aliphatic carboxylic acids is 1. The Labute approximate surface area is 165 Å². The molecule has 0 aromatic rings. The normalized spacial score (nSPS) is 23.0. The minimum Gasteiger partial charge on any atom is -0.475 e. The Morgan fingerprint density at radius 1 is 1.00 bits per heavy atom. The molecule has 0 atom stereocenters. The highest BCUT2D eigenvalue weighted by molar-refractivity contribution is 5.75. The molecule has 3 rings (SSSR count). The van der Waals surface area contributed by atoms with Crippen molar-refractivity contribution in [2.24, 2.45) is 17.3 Å². The van der Waals surface area contributed by atoms with E-state index in [1.165, 1.54) is 71.0 Å². The molecule has 5 nitrogen and oxygen atoms in total. The average molecular weight is 406 g/mol. The average Bonchev–Trinajstić information content (AvgIpc) is 3.43. The van der Waals surface area contributed by atoms with Crippen LogP contribution in [0.1, 0.15) is 57.8 Å². The Bertz CT molecular complexity index is 529. The third kappa shape index (κ3) is 7.26. The maximum Gasteiger partial charge on any atom is 0.490 e. The minimum absolute atomic E-state index is 0.315. The van der Waals surface area contributed by atoms with Gasteiger partial charge in [0.15, 0.2) is 0 Å². The Morgan fingerprint density at radius 2 is 1.50 bits per heavy atom. The second kappa shape index (κ2) is 9.46.